The van der Waals surface area contributed by atoms with Crippen LogP contribution in [-0.4, -0.2) is 18.3 Å². The molecule has 2 aliphatic heterocycles. The highest BCUT2D eigenvalue weighted by atomic mass is 16.5. The Hall–Kier alpha value is -2.46. The van der Waals surface area contributed by atoms with Crippen LogP contribution in [0.15, 0.2) is 48.5 Å². The first-order valence-electron chi connectivity index (χ1n) is 7.36. The van der Waals surface area contributed by atoms with Crippen LogP contribution < -0.4 is 5.32 Å². The van der Waals surface area contributed by atoms with Gasteiger partial charge in [0.05, 0.1) is 6.61 Å². The molecule has 1 atom stereocenters. The fourth-order valence-corrected chi connectivity index (χ4v) is 3.23. The average Bonchev–Trinajstić information content (AvgIpc) is 2.79. The van der Waals surface area contributed by atoms with E-state index in [0.29, 0.717) is 13.0 Å². The van der Waals surface area contributed by atoms with Crippen LogP contribution >= 0.6 is 0 Å². The molecule has 1 spiro atoms. The molecule has 0 saturated carbocycles. The lowest BCUT2D eigenvalue weighted by Crippen LogP contribution is -2.43. The Bertz CT molecular complexity index is 769. The third-order valence-electron chi connectivity index (χ3n) is 4.35. The number of hydrogen-bond acceptors (Lipinski definition) is 3. The van der Waals surface area contributed by atoms with Gasteiger partial charge in [-0.15, -0.1) is 0 Å². The number of carbonyl (C=O) groups excluding carboxylic acids is 2. The fourth-order valence-electron chi connectivity index (χ4n) is 3.23. The van der Waals surface area contributed by atoms with E-state index in [0.717, 1.165) is 22.4 Å². The molecule has 2 aliphatic rings. The number of anilines is 1. The number of nitrogens with one attached hydrogen (secondary N) is 1. The highest BCUT2D eigenvalue weighted by Crippen LogP contribution is 2.44. The quantitative estimate of drug-likeness (QED) is 0.879. The first-order chi connectivity index (χ1) is 10.7. The summed E-state index contributed by atoms with van der Waals surface area (Å²) in [5.74, 6) is -0.165. The minimum atomic E-state index is -1.13. The number of ketones is 1. The number of ether oxygens (including phenoxy) is 1. The minimum Gasteiger partial charge on any atom is -0.359 e. The lowest BCUT2D eigenvalue weighted by molar-refractivity contribution is -0.156. The maximum absolute atomic E-state index is 12.4. The van der Waals surface area contributed by atoms with Crippen LogP contribution in [0.3, 0.4) is 0 Å². The largest absolute Gasteiger partial charge is 0.359 e. The molecular weight excluding hydrogens is 278 g/mol. The molecule has 1 fully saturated rings. The molecule has 0 aromatic heterocycles. The first-order valence-corrected chi connectivity index (χ1v) is 7.36. The molecule has 0 bridgehead atoms. The van der Waals surface area contributed by atoms with E-state index in [9.17, 15) is 9.59 Å². The summed E-state index contributed by atoms with van der Waals surface area (Å²) in [6, 6.07) is 15.8. The van der Waals surface area contributed by atoms with Crippen molar-refractivity contribution in [2.45, 2.75) is 18.4 Å². The van der Waals surface area contributed by atoms with Crippen molar-refractivity contribution >= 4 is 17.4 Å². The van der Waals surface area contributed by atoms with Crippen molar-refractivity contribution in [3.8, 4) is 11.1 Å². The third-order valence-corrected chi connectivity index (χ3v) is 4.35. The smallest absolute Gasteiger partial charge is 0.261 e. The van der Waals surface area contributed by atoms with Gasteiger partial charge in [-0.05, 0) is 17.2 Å². The fraction of sp³-hybridized carbons (Fsp3) is 0.222. The summed E-state index contributed by atoms with van der Waals surface area (Å²) in [4.78, 5) is 24.2. The molecule has 22 heavy (non-hydrogen) atoms. The zero-order chi connectivity index (χ0) is 15.2. The normalized spacial score (nSPS) is 23.5. The molecule has 4 nitrogen and oxygen atoms in total. The van der Waals surface area contributed by atoms with Crippen LogP contribution in [0.1, 0.15) is 18.4 Å². The number of rotatable bonds is 1. The number of Topliss-reactive ketones (excluding diaryl/α,β-unsaturated/α-hetero) is 1. The number of carbonyl (C=O) groups is 2. The molecule has 4 rings (SSSR count). The molecule has 0 radical (unpaired) electrons. The highest BCUT2D eigenvalue weighted by Gasteiger charge is 2.51. The summed E-state index contributed by atoms with van der Waals surface area (Å²) >= 11 is 0. The topological polar surface area (TPSA) is 55.4 Å². The van der Waals surface area contributed by atoms with Crippen LogP contribution in [0, 0.1) is 0 Å². The van der Waals surface area contributed by atoms with Crippen molar-refractivity contribution < 1.29 is 14.3 Å². The van der Waals surface area contributed by atoms with E-state index >= 15 is 0 Å². The van der Waals surface area contributed by atoms with E-state index < -0.39 is 5.60 Å². The van der Waals surface area contributed by atoms with Gasteiger partial charge in [0.15, 0.2) is 5.60 Å². The van der Waals surface area contributed by atoms with Crippen molar-refractivity contribution in [2.24, 2.45) is 0 Å². The number of benzene rings is 2. The lowest BCUT2D eigenvalue weighted by atomic mass is 9.86. The number of fused-ring (bicyclic) bond motifs is 2. The predicted molar refractivity (Wildman–Crippen MR) is 82.4 cm³/mol. The Morgan fingerprint density at radius 3 is 2.59 bits per heavy atom. The van der Waals surface area contributed by atoms with Gasteiger partial charge in [0, 0.05) is 24.1 Å². The Balaban J connectivity index is 1.79. The van der Waals surface area contributed by atoms with Gasteiger partial charge in [0.1, 0.15) is 5.78 Å². The molecule has 1 amide bonds. The van der Waals surface area contributed by atoms with Crippen LogP contribution in [0.5, 0.6) is 0 Å². The van der Waals surface area contributed by atoms with Gasteiger partial charge in [0.25, 0.3) is 5.91 Å². The second kappa shape index (κ2) is 4.78. The molecule has 2 heterocycles. The molecule has 110 valence electrons. The Kier molecular flexibility index (Phi) is 2.87. The van der Waals surface area contributed by atoms with Crippen LogP contribution in [0.2, 0.25) is 0 Å². The number of amides is 1. The second-order valence-corrected chi connectivity index (χ2v) is 5.72. The predicted octanol–water partition coefficient (Wildman–Crippen LogP) is 2.88. The molecule has 1 saturated heterocycles. The van der Waals surface area contributed by atoms with Gasteiger partial charge in [-0.25, -0.2) is 0 Å². The van der Waals surface area contributed by atoms with E-state index in [2.05, 4.69) is 5.32 Å². The van der Waals surface area contributed by atoms with Gasteiger partial charge in [-0.3, -0.25) is 9.59 Å². The molecular formula is C18H15NO3. The van der Waals surface area contributed by atoms with Crippen LogP contribution in [0.25, 0.3) is 11.1 Å². The highest BCUT2D eigenvalue weighted by molar-refractivity contribution is 6.08. The van der Waals surface area contributed by atoms with Crippen LogP contribution in [0.4, 0.5) is 5.69 Å². The summed E-state index contributed by atoms with van der Waals surface area (Å²) in [5, 5.41) is 2.87. The summed E-state index contributed by atoms with van der Waals surface area (Å²) in [6.07, 6.45) is 0.503. The van der Waals surface area contributed by atoms with E-state index in [1.807, 2.05) is 48.5 Å². The lowest BCUT2D eigenvalue weighted by Gasteiger charge is -2.30. The van der Waals surface area contributed by atoms with E-state index in [1.54, 1.807) is 0 Å². The third kappa shape index (κ3) is 1.88. The monoisotopic (exact) mass is 293 g/mol. The molecule has 2 aromatic rings. The Morgan fingerprint density at radius 2 is 1.82 bits per heavy atom. The van der Waals surface area contributed by atoms with E-state index in [4.69, 9.17) is 4.74 Å². The maximum Gasteiger partial charge on any atom is 0.261 e. The second-order valence-electron chi connectivity index (χ2n) is 5.72. The molecule has 4 heteroatoms. The molecule has 0 unspecified atom stereocenters. The average molecular weight is 293 g/mol. The van der Waals surface area contributed by atoms with Gasteiger partial charge in [0.2, 0.25) is 0 Å². The van der Waals surface area contributed by atoms with Crippen LogP contribution in [-0.2, 0) is 19.9 Å². The first kappa shape index (κ1) is 13.2. The van der Waals surface area contributed by atoms with Crippen molar-refractivity contribution in [1.82, 2.24) is 0 Å². The van der Waals surface area contributed by atoms with Crippen molar-refractivity contribution in [2.75, 3.05) is 11.9 Å². The SMILES string of the molecule is O=C1CCO[C@@]2(C1)C(=O)Nc1cc(-c3ccccc3)ccc12. The maximum atomic E-state index is 12.4. The zero-order valence-corrected chi connectivity index (χ0v) is 12.0. The summed E-state index contributed by atoms with van der Waals surface area (Å²) < 4.78 is 5.75. The Labute approximate surface area is 128 Å². The van der Waals surface area contributed by atoms with Crippen molar-refractivity contribution in [1.29, 1.82) is 0 Å². The number of hydrogen-bond donors (Lipinski definition) is 1. The van der Waals surface area contributed by atoms with Crippen molar-refractivity contribution in [3.63, 3.8) is 0 Å². The van der Waals surface area contributed by atoms with Gasteiger partial charge < -0.3 is 10.1 Å². The minimum absolute atomic E-state index is 0.0707. The van der Waals surface area contributed by atoms with E-state index in [-0.39, 0.29) is 18.1 Å². The molecule has 0 aliphatic carbocycles. The molecule has 2 aromatic carbocycles. The molecule has 1 N–H and O–H groups in total. The van der Waals surface area contributed by atoms with E-state index in [1.165, 1.54) is 0 Å². The van der Waals surface area contributed by atoms with Gasteiger partial charge >= 0.3 is 0 Å². The van der Waals surface area contributed by atoms with Crippen molar-refractivity contribution in [3.05, 3.63) is 54.1 Å². The summed E-state index contributed by atoms with van der Waals surface area (Å²) in [5.41, 5.74) is 2.49. The standard InChI is InChI=1S/C18H15NO3/c20-14-8-9-22-18(11-14)15-7-6-13(10-16(15)19-17(18)21)12-4-2-1-3-5-12/h1-7,10H,8-9,11H2,(H,19,21)/t18-/m1/s1. The zero-order valence-electron chi connectivity index (χ0n) is 12.0. The van der Waals surface area contributed by atoms with Gasteiger partial charge in [-0.1, -0.05) is 42.5 Å². The Morgan fingerprint density at radius 1 is 1.00 bits per heavy atom. The summed E-state index contributed by atoms with van der Waals surface area (Å²) in [7, 11) is 0. The van der Waals surface area contributed by atoms with Gasteiger partial charge in [-0.2, -0.15) is 0 Å². The summed E-state index contributed by atoms with van der Waals surface area (Å²) in [6.45, 7) is 0.298.